The van der Waals surface area contributed by atoms with Gasteiger partial charge < -0.3 is 10.3 Å². The van der Waals surface area contributed by atoms with Crippen molar-refractivity contribution in [1.29, 1.82) is 0 Å². The molecule has 3 rings (SSSR count). The molecule has 1 aromatic carbocycles. The van der Waals surface area contributed by atoms with Crippen molar-refractivity contribution in [2.75, 3.05) is 11.4 Å². The number of H-pyrrole nitrogens is 1. The molecule has 1 unspecified atom stereocenters. The lowest BCUT2D eigenvalue weighted by Gasteiger charge is -2.31. The van der Waals surface area contributed by atoms with Crippen LogP contribution >= 0.6 is 0 Å². The van der Waals surface area contributed by atoms with Crippen molar-refractivity contribution >= 4 is 29.3 Å². The molecule has 1 aliphatic rings. The number of nitrogens with zero attached hydrogens (tertiary/aromatic N) is 1. The maximum absolute atomic E-state index is 13.3. The molecule has 3 amide bonds. The fourth-order valence-corrected chi connectivity index (χ4v) is 4.32. The number of urea groups is 1. The maximum Gasteiger partial charge on any atom is 0.329 e. The van der Waals surface area contributed by atoms with Crippen molar-refractivity contribution < 1.29 is 9.59 Å². The van der Waals surface area contributed by atoms with E-state index in [9.17, 15) is 9.59 Å². The van der Waals surface area contributed by atoms with E-state index in [-0.39, 0.29) is 17.4 Å². The summed E-state index contributed by atoms with van der Waals surface area (Å²) in [5, 5.41) is 3.02. The summed E-state index contributed by atoms with van der Waals surface area (Å²) in [6, 6.07) is 9.15. The second kappa shape index (κ2) is 8.50. The van der Waals surface area contributed by atoms with E-state index in [4.69, 9.17) is 0 Å². The standard InChI is InChI=1S/C25H33N3O2/c1-7-25(6,14-16(2)3)15-26-24(30)28-22-11-9-8-10-19(22)20(23(28)29)13-21-17(4)12-18(5)27-21/h8-13,16,27H,7,14-15H2,1-6H3,(H,26,30)/b20-13-. The molecule has 0 saturated heterocycles. The van der Waals surface area contributed by atoms with Gasteiger partial charge in [-0.2, -0.15) is 0 Å². The van der Waals surface area contributed by atoms with Gasteiger partial charge in [-0.3, -0.25) is 4.79 Å². The van der Waals surface area contributed by atoms with Crippen LogP contribution in [0, 0.1) is 25.2 Å². The topological polar surface area (TPSA) is 65.2 Å². The molecule has 1 aromatic heterocycles. The van der Waals surface area contributed by atoms with Gasteiger partial charge in [0.05, 0.1) is 11.3 Å². The van der Waals surface area contributed by atoms with Crippen LogP contribution in [0.25, 0.3) is 11.6 Å². The zero-order chi connectivity index (χ0) is 22.1. The van der Waals surface area contributed by atoms with E-state index in [1.54, 1.807) is 0 Å². The molecule has 2 heterocycles. The van der Waals surface area contributed by atoms with E-state index in [0.29, 0.717) is 23.7 Å². The summed E-state index contributed by atoms with van der Waals surface area (Å²) < 4.78 is 0. The molecule has 30 heavy (non-hydrogen) atoms. The monoisotopic (exact) mass is 407 g/mol. The third kappa shape index (κ3) is 4.35. The summed E-state index contributed by atoms with van der Waals surface area (Å²) in [6.45, 7) is 13.3. The molecular formula is C25H33N3O2. The van der Waals surface area contributed by atoms with Gasteiger partial charge in [0, 0.05) is 23.5 Å². The second-order valence-electron chi connectivity index (χ2n) is 9.19. The number of carbonyl (C=O) groups is 2. The lowest BCUT2D eigenvalue weighted by atomic mass is 9.79. The number of anilines is 1. The zero-order valence-electron chi connectivity index (χ0n) is 18.9. The Labute approximate surface area is 179 Å². The van der Waals surface area contributed by atoms with Crippen LogP contribution in [-0.4, -0.2) is 23.5 Å². The van der Waals surface area contributed by atoms with Crippen LogP contribution in [-0.2, 0) is 4.79 Å². The minimum absolute atomic E-state index is 0.00364. The molecule has 0 spiro atoms. The predicted molar refractivity (Wildman–Crippen MR) is 123 cm³/mol. The lowest BCUT2D eigenvalue weighted by molar-refractivity contribution is -0.112. The number of aryl methyl sites for hydroxylation is 2. The minimum Gasteiger partial charge on any atom is -0.359 e. The molecule has 5 nitrogen and oxygen atoms in total. The minimum atomic E-state index is -0.362. The number of benzene rings is 1. The predicted octanol–water partition coefficient (Wildman–Crippen LogP) is 5.69. The van der Waals surface area contributed by atoms with Crippen molar-refractivity contribution in [3.8, 4) is 0 Å². The number of fused-ring (bicyclic) bond motifs is 1. The Hall–Kier alpha value is -2.82. The number of nitrogens with one attached hydrogen (secondary N) is 2. The molecule has 5 heteroatoms. The number of hydrogen-bond donors (Lipinski definition) is 2. The molecule has 160 valence electrons. The van der Waals surface area contributed by atoms with Crippen LogP contribution < -0.4 is 10.2 Å². The number of imide groups is 1. The Balaban J connectivity index is 1.88. The van der Waals surface area contributed by atoms with Gasteiger partial charge in [0.1, 0.15) is 0 Å². The van der Waals surface area contributed by atoms with Crippen molar-refractivity contribution in [2.24, 2.45) is 11.3 Å². The van der Waals surface area contributed by atoms with Gasteiger partial charge in [-0.05, 0) is 61.8 Å². The third-order valence-electron chi connectivity index (χ3n) is 5.97. The molecular weight excluding hydrogens is 374 g/mol. The molecule has 0 aliphatic carbocycles. The molecule has 1 atom stereocenters. The maximum atomic E-state index is 13.3. The Bertz CT molecular complexity index is 986. The van der Waals surface area contributed by atoms with Crippen molar-refractivity contribution in [1.82, 2.24) is 10.3 Å². The Morgan fingerprint density at radius 2 is 1.97 bits per heavy atom. The Morgan fingerprint density at radius 3 is 2.57 bits per heavy atom. The van der Waals surface area contributed by atoms with E-state index in [1.165, 1.54) is 4.90 Å². The van der Waals surface area contributed by atoms with Gasteiger partial charge in [-0.25, -0.2) is 9.69 Å². The van der Waals surface area contributed by atoms with E-state index < -0.39 is 0 Å². The quantitative estimate of drug-likeness (QED) is 0.604. The molecule has 0 radical (unpaired) electrons. The largest absolute Gasteiger partial charge is 0.359 e. The summed E-state index contributed by atoms with van der Waals surface area (Å²) in [4.78, 5) is 30.9. The van der Waals surface area contributed by atoms with Crippen LogP contribution in [0.5, 0.6) is 0 Å². The number of amides is 3. The molecule has 0 saturated carbocycles. The summed E-state index contributed by atoms with van der Waals surface area (Å²) in [6.07, 6.45) is 3.84. The fraction of sp³-hybridized carbons (Fsp3) is 0.440. The van der Waals surface area contributed by atoms with E-state index in [1.807, 2.05) is 50.3 Å². The summed E-state index contributed by atoms with van der Waals surface area (Å²) >= 11 is 0. The van der Waals surface area contributed by atoms with Gasteiger partial charge >= 0.3 is 6.03 Å². The number of rotatable bonds is 6. The van der Waals surface area contributed by atoms with E-state index in [2.05, 4.69) is 38.0 Å². The summed E-state index contributed by atoms with van der Waals surface area (Å²) in [7, 11) is 0. The van der Waals surface area contributed by atoms with Crippen LogP contribution in [0.2, 0.25) is 0 Å². The highest BCUT2D eigenvalue weighted by Crippen LogP contribution is 2.38. The Kier molecular flexibility index (Phi) is 6.20. The first-order valence-electron chi connectivity index (χ1n) is 10.7. The third-order valence-corrected chi connectivity index (χ3v) is 5.97. The van der Waals surface area contributed by atoms with Crippen LogP contribution in [0.3, 0.4) is 0 Å². The van der Waals surface area contributed by atoms with Crippen molar-refractivity contribution in [3.05, 3.63) is 52.8 Å². The number of aromatic amines is 1. The van der Waals surface area contributed by atoms with E-state index in [0.717, 1.165) is 35.4 Å². The second-order valence-corrected chi connectivity index (χ2v) is 9.19. The average Bonchev–Trinajstić information content (AvgIpc) is 3.15. The SMILES string of the molecule is CCC(C)(CNC(=O)N1C(=O)/C(=C\c2[nH]c(C)cc2C)c2ccccc21)CC(C)C. The number of hydrogen-bond acceptors (Lipinski definition) is 2. The number of carbonyl (C=O) groups excluding carboxylic acids is 2. The molecule has 1 aliphatic heterocycles. The lowest BCUT2D eigenvalue weighted by Crippen LogP contribution is -2.45. The van der Waals surface area contributed by atoms with E-state index >= 15 is 0 Å². The van der Waals surface area contributed by atoms with Crippen LogP contribution in [0.1, 0.15) is 63.1 Å². The van der Waals surface area contributed by atoms with Gasteiger partial charge in [-0.1, -0.05) is 45.9 Å². The normalized spacial score (nSPS) is 16.8. The highest BCUT2D eigenvalue weighted by atomic mass is 16.2. The fourth-order valence-electron chi connectivity index (χ4n) is 4.32. The summed E-state index contributed by atoms with van der Waals surface area (Å²) in [5.41, 5.74) is 4.95. The first-order chi connectivity index (χ1) is 14.1. The molecule has 0 fully saturated rings. The molecule has 0 bridgehead atoms. The zero-order valence-corrected chi connectivity index (χ0v) is 18.9. The van der Waals surface area contributed by atoms with Crippen LogP contribution in [0.4, 0.5) is 10.5 Å². The summed E-state index contributed by atoms with van der Waals surface area (Å²) in [5.74, 6) is 0.255. The first-order valence-corrected chi connectivity index (χ1v) is 10.7. The van der Waals surface area contributed by atoms with Crippen LogP contribution in [0.15, 0.2) is 30.3 Å². The average molecular weight is 408 g/mol. The van der Waals surface area contributed by atoms with Gasteiger partial charge in [0.25, 0.3) is 5.91 Å². The highest BCUT2D eigenvalue weighted by molar-refractivity contribution is 6.41. The van der Waals surface area contributed by atoms with Gasteiger partial charge in [-0.15, -0.1) is 0 Å². The van der Waals surface area contributed by atoms with Gasteiger partial charge in [0.2, 0.25) is 0 Å². The first kappa shape index (κ1) is 21.9. The molecule has 2 aromatic rings. The number of aromatic nitrogens is 1. The highest BCUT2D eigenvalue weighted by Gasteiger charge is 2.37. The van der Waals surface area contributed by atoms with Gasteiger partial charge in [0.15, 0.2) is 0 Å². The molecule has 2 N–H and O–H groups in total. The Morgan fingerprint density at radius 1 is 1.27 bits per heavy atom. The number of para-hydroxylation sites is 1. The van der Waals surface area contributed by atoms with Crippen molar-refractivity contribution in [2.45, 2.75) is 54.4 Å². The van der Waals surface area contributed by atoms with Crippen molar-refractivity contribution in [3.63, 3.8) is 0 Å². The smallest absolute Gasteiger partial charge is 0.329 e.